The fraction of sp³-hybridized carbons (Fsp3) is 0.235. The molecule has 0 aliphatic carbocycles. The average molecular weight is 271 g/mol. The molecule has 1 amide bonds. The van der Waals surface area contributed by atoms with E-state index in [4.69, 9.17) is 0 Å². The minimum Gasteiger partial charge on any atom is -0.322 e. The van der Waals surface area contributed by atoms with Crippen molar-refractivity contribution in [1.82, 2.24) is 0 Å². The number of hydrogen-bond acceptors (Lipinski definition) is 1. The molecule has 0 aromatic heterocycles. The van der Waals surface area contributed by atoms with Crippen LogP contribution < -0.4 is 5.32 Å². The molecular formula is C17H18FNO. The van der Waals surface area contributed by atoms with Crippen LogP contribution in [0.4, 0.5) is 10.1 Å². The van der Waals surface area contributed by atoms with Crippen molar-refractivity contribution in [2.45, 2.75) is 26.2 Å². The molecule has 3 heteroatoms. The lowest BCUT2D eigenvalue weighted by atomic mass is 9.97. The van der Waals surface area contributed by atoms with Crippen molar-refractivity contribution in [3.8, 4) is 0 Å². The molecule has 0 radical (unpaired) electrons. The first-order valence-electron chi connectivity index (χ1n) is 6.77. The number of carbonyl (C=O) groups excluding carboxylic acids is 1. The van der Waals surface area contributed by atoms with Gasteiger partial charge in [0.2, 0.25) is 0 Å². The highest BCUT2D eigenvalue weighted by molar-refractivity contribution is 6.04. The lowest BCUT2D eigenvalue weighted by Gasteiger charge is -2.15. The number of para-hydroxylation sites is 1. The van der Waals surface area contributed by atoms with E-state index in [1.54, 1.807) is 6.07 Å². The fourth-order valence-corrected chi connectivity index (χ4v) is 2.08. The van der Waals surface area contributed by atoms with Crippen LogP contribution in [-0.2, 0) is 0 Å². The number of benzene rings is 2. The standard InChI is InChI=1S/C17H18FNO/c1-3-12(2)15-9-4-5-10-16(15)19-17(20)13-7-6-8-14(18)11-13/h4-12H,3H2,1-2H3,(H,19,20). The number of hydrogen-bond donors (Lipinski definition) is 1. The van der Waals surface area contributed by atoms with E-state index in [9.17, 15) is 9.18 Å². The maximum absolute atomic E-state index is 13.1. The Kier molecular flexibility index (Phi) is 4.51. The topological polar surface area (TPSA) is 29.1 Å². The molecule has 0 saturated heterocycles. The third-order valence-corrected chi connectivity index (χ3v) is 3.44. The number of rotatable bonds is 4. The number of halogens is 1. The van der Waals surface area contributed by atoms with Crippen LogP contribution in [0.2, 0.25) is 0 Å². The van der Waals surface area contributed by atoms with E-state index >= 15 is 0 Å². The third kappa shape index (κ3) is 3.23. The number of amides is 1. The first kappa shape index (κ1) is 14.3. The molecule has 0 heterocycles. The Bertz CT molecular complexity index is 609. The van der Waals surface area contributed by atoms with Crippen molar-refractivity contribution in [3.63, 3.8) is 0 Å². The molecule has 0 aliphatic rings. The Morgan fingerprint density at radius 3 is 2.65 bits per heavy atom. The summed E-state index contributed by atoms with van der Waals surface area (Å²) in [7, 11) is 0. The molecule has 20 heavy (non-hydrogen) atoms. The molecule has 2 aromatic rings. The van der Waals surface area contributed by atoms with Crippen LogP contribution >= 0.6 is 0 Å². The van der Waals surface area contributed by atoms with Gasteiger partial charge in [-0.05, 0) is 42.2 Å². The van der Waals surface area contributed by atoms with Crippen LogP contribution in [0, 0.1) is 5.82 Å². The summed E-state index contributed by atoms with van der Waals surface area (Å²) < 4.78 is 13.1. The highest BCUT2D eigenvalue weighted by Crippen LogP contribution is 2.26. The Morgan fingerprint density at radius 1 is 1.20 bits per heavy atom. The summed E-state index contributed by atoms with van der Waals surface area (Å²) in [6, 6.07) is 13.4. The van der Waals surface area contributed by atoms with Crippen molar-refractivity contribution in [1.29, 1.82) is 0 Å². The smallest absolute Gasteiger partial charge is 0.255 e. The van der Waals surface area contributed by atoms with E-state index in [-0.39, 0.29) is 5.91 Å². The largest absolute Gasteiger partial charge is 0.322 e. The summed E-state index contributed by atoms with van der Waals surface area (Å²) >= 11 is 0. The third-order valence-electron chi connectivity index (χ3n) is 3.44. The Balaban J connectivity index is 2.24. The summed E-state index contributed by atoms with van der Waals surface area (Å²) in [5.74, 6) is -0.341. The highest BCUT2D eigenvalue weighted by Gasteiger charge is 2.12. The van der Waals surface area contributed by atoms with Gasteiger partial charge < -0.3 is 5.32 Å². The second-order valence-electron chi connectivity index (χ2n) is 4.86. The molecule has 0 aliphatic heterocycles. The maximum Gasteiger partial charge on any atom is 0.255 e. The summed E-state index contributed by atoms with van der Waals surface area (Å²) in [6.07, 6.45) is 0.993. The average Bonchev–Trinajstić information content (AvgIpc) is 2.47. The zero-order chi connectivity index (χ0) is 14.5. The van der Waals surface area contributed by atoms with E-state index in [0.717, 1.165) is 17.7 Å². The molecule has 2 rings (SSSR count). The summed E-state index contributed by atoms with van der Waals surface area (Å²) in [6.45, 7) is 4.23. The second kappa shape index (κ2) is 6.33. The van der Waals surface area contributed by atoms with Crippen LogP contribution in [0.25, 0.3) is 0 Å². The molecular weight excluding hydrogens is 253 g/mol. The fourth-order valence-electron chi connectivity index (χ4n) is 2.08. The Morgan fingerprint density at radius 2 is 1.95 bits per heavy atom. The minimum atomic E-state index is -0.409. The van der Waals surface area contributed by atoms with Gasteiger partial charge in [0.25, 0.3) is 5.91 Å². The van der Waals surface area contributed by atoms with Gasteiger partial charge >= 0.3 is 0 Å². The predicted octanol–water partition coefficient (Wildman–Crippen LogP) is 4.59. The van der Waals surface area contributed by atoms with Gasteiger partial charge in [-0.1, -0.05) is 38.1 Å². The van der Waals surface area contributed by atoms with Gasteiger partial charge in [-0.15, -0.1) is 0 Å². The van der Waals surface area contributed by atoms with E-state index < -0.39 is 5.82 Å². The van der Waals surface area contributed by atoms with Crippen molar-refractivity contribution >= 4 is 11.6 Å². The zero-order valence-corrected chi connectivity index (χ0v) is 11.7. The van der Waals surface area contributed by atoms with Gasteiger partial charge in [0.1, 0.15) is 5.82 Å². The normalized spacial score (nSPS) is 11.9. The Labute approximate surface area is 118 Å². The lowest BCUT2D eigenvalue weighted by molar-refractivity contribution is 0.102. The van der Waals surface area contributed by atoms with Gasteiger partial charge in [-0.3, -0.25) is 4.79 Å². The number of anilines is 1. The summed E-state index contributed by atoms with van der Waals surface area (Å²) in [4.78, 5) is 12.2. The molecule has 104 valence electrons. The van der Waals surface area contributed by atoms with Gasteiger partial charge in [0, 0.05) is 11.3 Å². The van der Waals surface area contributed by atoms with E-state index in [1.165, 1.54) is 18.2 Å². The molecule has 1 atom stereocenters. The summed E-state index contributed by atoms with van der Waals surface area (Å²) in [5, 5.41) is 2.86. The molecule has 0 saturated carbocycles. The lowest BCUT2D eigenvalue weighted by Crippen LogP contribution is -2.14. The quantitative estimate of drug-likeness (QED) is 0.865. The van der Waals surface area contributed by atoms with Crippen LogP contribution in [0.15, 0.2) is 48.5 Å². The number of nitrogens with one attached hydrogen (secondary N) is 1. The maximum atomic E-state index is 13.1. The SMILES string of the molecule is CCC(C)c1ccccc1NC(=O)c1cccc(F)c1. The van der Waals surface area contributed by atoms with Crippen molar-refractivity contribution < 1.29 is 9.18 Å². The monoisotopic (exact) mass is 271 g/mol. The molecule has 1 N–H and O–H groups in total. The molecule has 0 bridgehead atoms. The zero-order valence-electron chi connectivity index (χ0n) is 11.7. The predicted molar refractivity (Wildman–Crippen MR) is 79.5 cm³/mol. The molecule has 1 unspecified atom stereocenters. The van der Waals surface area contributed by atoms with E-state index in [0.29, 0.717) is 11.5 Å². The van der Waals surface area contributed by atoms with E-state index in [2.05, 4.69) is 19.2 Å². The van der Waals surface area contributed by atoms with Crippen molar-refractivity contribution in [2.75, 3.05) is 5.32 Å². The van der Waals surface area contributed by atoms with Crippen LogP contribution in [0.1, 0.15) is 42.1 Å². The van der Waals surface area contributed by atoms with Crippen molar-refractivity contribution in [3.05, 3.63) is 65.5 Å². The number of carbonyl (C=O) groups is 1. The molecule has 2 aromatic carbocycles. The van der Waals surface area contributed by atoms with Gasteiger partial charge in [-0.2, -0.15) is 0 Å². The van der Waals surface area contributed by atoms with Crippen LogP contribution in [0.3, 0.4) is 0 Å². The minimum absolute atomic E-state index is 0.291. The van der Waals surface area contributed by atoms with Crippen LogP contribution in [-0.4, -0.2) is 5.91 Å². The molecule has 2 nitrogen and oxygen atoms in total. The summed E-state index contributed by atoms with van der Waals surface area (Å²) in [5.41, 5.74) is 2.21. The second-order valence-corrected chi connectivity index (χ2v) is 4.86. The highest BCUT2D eigenvalue weighted by atomic mass is 19.1. The molecule has 0 spiro atoms. The first-order valence-corrected chi connectivity index (χ1v) is 6.77. The first-order chi connectivity index (χ1) is 9.61. The Hall–Kier alpha value is -2.16. The van der Waals surface area contributed by atoms with Crippen molar-refractivity contribution in [2.24, 2.45) is 0 Å². The van der Waals surface area contributed by atoms with Gasteiger partial charge in [0.05, 0.1) is 0 Å². The van der Waals surface area contributed by atoms with Gasteiger partial charge in [-0.25, -0.2) is 4.39 Å². The molecule has 0 fully saturated rings. The van der Waals surface area contributed by atoms with E-state index in [1.807, 2.05) is 24.3 Å². The van der Waals surface area contributed by atoms with Gasteiger partial charge in [0.15, 0.2) is 0 Å². The van der Waals surface area contributed by atoms with Crippen LogP contribution in [0.5, 0.6) is 0 Å².